The summed E-state index contributed by atoms with van der Waals surface area (Å²) < 4.78 is 42.1. The minimum Gasteiger partial charge on any atom is -0.452 e. The van der Waals surface area contributed by atoms with Crippen molar-refractivity contribution >= 4 is 40.9 Å². The number of carbonyl (C=O) groups excluding carboxylic acids is 2. The van der Waals surface area contributed by atoms with E-state index < -0.39 is 40.8 Å². The molecular formula is C18H12ClF3N2O5. The summed E-state index contributed by atoms with van der Waals surface area (Å²) in [7, 11) is 0. The average molecular weight is 429 g/mol. The lowest BCUT2D eigenvalue weighted by atomic mass is 10.1. The van der Waals surface area contributed by atoms with Crippen LogP contribution < -0.4 is 5.32 Å². The largest absolute Gasteiger partial charge is 0.452 e. The van der Waals surface area contributed by atoms with Crippen LogP contribution in [-0.2, 0) is 20.5 Å². The molecule has 2 rings (SSSR count). The van der Waals surface area contributed by atoms with Crippen molar-refractivity contribution < 1.29 is 32.4 Å². The Hall–Kier alpha value is -3.40. The third-order valence-corrected chi connectivity index (χ3v) is 3.74. The van der Waals surface area contributed by atoms with Crippen molar-refractivity contribution in [1.82, 2.24) is 0 Å². The van der Waals surface area contributed by atoms with Crippen molar-refractivity contribution in [3.05, 3.63) is 74.8 Å². The monoisotopic (exact) mass is 428 g/mol. The summed E-state index contributed by atoms with van der Waals surface area (Å²) >= 11 is 5.66. The number of anilines is 1. The molecule has 1 amide bonds. The SMILES string of the molecule is O=C(COC(=O)C=Cc1ccc(C(F)(F)F)cc1)Nc1ccc(Cl)c([N+](=O)[O-])c1. The smallest absolute Gasteiger partial charge is 0.416 e. The van der Waals surface area contributed by atoms with Crippen molar-refractivity contribution in [2.24, 2.45) is 0 Å². The Morgan fingerprint density at radius 3 is 2.41 bits per heavy atom. The van der Waals surface area contributed by atoms with E-state index in [9.17, 15) is 32.9 Å². The number of carbonyl (C=O) groups is 2. The van der Waals surface area contributed by atoms with Crippen LogP contribution in [0.5, 0.6) is 0 Å². The molecule has 0 saturated carbocycles. The lowest BCUT2D eigenvalue weighted by Gasteiger charge is -2.06. The minimum absolute atomic E-state index is 0.0856. The van der Waals surface area contributed by atoms with Crippen molar-refractivity contribution in [2.75, 3.05) is 11.9 Å². The summed E-state index contributed by atoms with van der Waals surface area (Å²) in [6.07, 6.45) is -2.29. The highest BCUT2D eigenvalue weighted by molar-refractivity contribution is 6.32. The molecule has 0 heterocycles. The first-order valence-electron chi connectivity index (χ1n) is 7.82. The molecule has 2 aromatic rings. The molecule has 0 bridgehead atoms. The van der Waals surface area contributed by atoms with Gasteiger partial charge in [-0.25, -0.2) is 4.79 Å². The Balaban J connectivity index is 1.87. The van der Waals surface area contributed by atoms with Crippen LogP contribution in [0.2, 0.25) is 5.02 Å². The maximum absolute atomic E-state index is 12.5. The number of nitro groups is 1. The molecule has 2 aromatic carbocycles. The summed E-state index contributed by atoms with van der Waals surface area (Å²) in [4.78, 5) is 33.5. The molecule has 0 fully saturated rings. The average Bonchev–Trinajstić information content (AvgIpc) is 2.65. The number of benzene rings is 2. The fourth-order valence-corrected chi connectivity index (χ4v) is 2.25. The topological polar surface area (TPSA) is 98.5 Å². The van der Waals surface area contributed by atoms with Gasteiger partial charge in [0, 0.05) is 17.8 Å². The molecule has 11 heteroatoms. The summed E-state index contributed by atoms with van der Waals surface area (Å²) in [5.41, 5.74) is -0.812. The molecular weight excluding hydrogens is 417 g/mol. The Kier molecular flexibility index (Phi) is 6.94. The number of nitrogens with one attached hydrogen (secondary N) is 1. The van der Waals surface area contributed by atoms with Gasteiger partial charge in [-0.15, -0.1) is 0 Å². The molecule has 0 saturated heterocycles. The van der Waals surface area contributed by atoms with E-state index in [1.165, 1.54) is 30.3 Å². The van der Waals surface area contributed by atoms with Gasteiger partial charge >= 0.3 is 12.1 Å². The van der Waals surface area contributed by atoms with Gasteiger partial charge in [0.25, 0.3) is 11.6 Å². The first-order valence-corrected chi connectivity index (χ1v) is 8.20. The summed E-state index contributed by atoms with van der Waals surface area (Å²) in [5.74, 6) is -1.65. The molecule has 0 aliphatic heterocycles. The Labute approximate surface area is 166 Å². The zero-order valence-corrected chi connectivity index (χ0v) is 15.2. The Morgan fingerprint density at radius 2 is 1.83 bits per heavy atom. The van der Waals surface area contributed by atoms with Gasteiger partial charge < -0.3 is 10.1 Å². The van der Waals surface area contributed by atoms with Gasteiger partial charge in [0.2, 0.25) is 0 Å². The molecule has 0 unspecified atom stereocenters. The van der Waals surface area contributed by atoms with Crippen molar-refractivity contribution in [2.45, 2.75) is 6.18 Å². The van der Waals surface area contributed by atoms with E-state index in [0.717, 1.165) is 24.3 Å². The highest BCUT2D eigenvalue weighted by Crippen LogP contribution is 2.29. The highest BCUT2D eigenvalue weighted by atomic mass is 35.5. The molecule has 0 spiro atoms. The molecule has 152 valence electrons. The minimum atomic E-state index is -4.46. The Morgan fingerprint density at radius 1 is 1.17 bits per heavy atom. The molecule has 0 atom stereocenters. The fraction of sp³-hybridized carbons (Fsp3) is 0.111. The molecule has 0 radical (unpaired) electrons. The number of rotatable bonds is 6. The van der Waals surface area contributed by atoms with Crippen LogP contribution in [0.25, 0.3) is 6.08 Å². The van der Waals surface area contributed by atoms with Gasteiger partial charge in [-0.3, -0.25) is 14.9 Å². The van der Waals surface area contributed by atoms with E-state index in [4.69, 9.17) is 16.3 Å². The number of halogens is 4. The maximum Gasteiger partial charge on any atom is 0.416 e. The van der Waals surface area contributed by atoms with Crippen LogP contribution in [0.4, 0.5) is 24.5 Å². The summed E-state index contributed by atoms with van der Waals surface area (Å²) in [6.45, 7) is -0.674. The molecule has 29 heavy (non-hydrogen) atoms. The standard InChI is InChI=1S/C18H12ClF3N2O5/c19-14-7-6-13(9-15(14)24(27)28)23-16(25)10-29-17(26)8-3-11-1-4-12(5-2-11)18(20,21)22/h1-9H,10H2,(H,23,25). The van der Waals surface area contributed by atoms with E-state index in [1.54, 1.807) is 0 Å². The zero-order valence-electron chi connectivity index (χ0n) is 14.4. The quantitative estimate of drug-likeness (QED) is 0.317. The molecule has 1 N–H and O–H groups in total. The Bertz CT molecular complexity index is 959. The van der Waals surface area contributed by atoms with Crippen molar-refractivity contribution in [1.29, 1.82) is 0 Å². The fourth-order valence-electron chi connectivity index (χ4n) is 2.06. The van der Waals surface area contributed by atoms with Crippen LogP contribution >= 0.6 is 11.6 Å². The second kappa shape index (κ2) is 9.20. The van der Waals surface area contributed by atoms with E-state index in [-0.39, 0.29) is 10.7 Å². The predicted molar refractivity (Wildman–Crippen MR) is 98.2 cm³/mol. The third kappa shape index (κ3) is 6.61. The zero-order chi connectivity index (χ0) is 21.6. The molecule has 0 aromatic heterocycles. The number of hydrogen-bond donors (Lipinski definition) is 1. The van der Waals surface area contributed by atoms with E-state index >= 15 is 0 Å². The lowest BCUT2D eigenvalue weighted by molar-refractivity contribution is -0.384. The first-order chi connectivity index (χ1) is 13.6. The van der Waals surface area contributed by atoms with Crippen LogP contribution in [0, 0.1) is 10.1 Å². The number of nitrogens with zero attached hydrogens (tertiary/aromatic N) is 1. The van der Waals surface area contributed by atoms with Crippen molar-refractivity contribution in [3.63, 3.8) is 0 Å². The number of hydrogen-bond acceptors (Lipinski definition) is 5. The van der Waals surface area contributed by atoms with Gasteiger partial charge in [-0.05, 0) is 35.9 Å². The number of ether oxygens (including phenoxy) is 1. The van der Waals surface area contributed by atoms with Crippen LogP contribution in [0.3, 0.4) is 0 Å². The number of alkyl halides is 3. The predicted octanol–water partition coefficient (Wildman–Crippen LogP) is 4.46. The second-order valence-corrected chi connectivity index (χ2v) is 5.94. The van der Waals surface area contributed by atoms with E-state index in [0.29, 0.717) is 5.56 Å². The number of nitro benzene ring substituents is 1. The maximum atomic E-state index is 12.5. The van der Waals surface area contributed by atoms with Crippen molar-refractivity contribution in [3.8, 4) is 0 Å². The normalized spacial score (nSPS) is 11.3. The first kappa shape index (κ1) is 21.9. The van der Waals surface area contributed by atoms with Gasteiger partial charge in [0.05, 0.1) is 10.5 Å². The van der Waals surface area contributed by atoms with Crippen LogP contribution in [0.15, 0.2) is 48.5 Å². The van der Waals surface area contributed by atoms with E-state index in [1.807, 2.05) is 0 Å². The lowest BCUT2D eigenvalue weighted by Crippen LogP contribution is -2.20. The van der Waals surface area contributed by atoms with Gasteiger partial charge in [0.1, 0.15) is 5.02 Å². The number of amides is 1. The highest BCUT2D eigenvalue weighted by Gasteiger charge is 2.29. The molecule has 0 aliphatic carbocycles. The van der Waals surface area contributed by atoms with Gasteiger partial charge in [-0.1, -0.05) is 23.7 Å². The summed E-state index contributed by atoms with van der Waals surface area (Å²) in [6, 6.07) is 7.69. The number of esters is 1. The van der Waals surface area contributed by atoms with Crippen LogP contribution in [0.1, 0.15) is 11.1 Å². The van der Waals surface area contributed by atoms with Gasteiger partial charge in [-0.2, -0.15) is 13.2 Å². The van der Waals surface area contributed by atoms with E-state index in [2.05, 4.69) is 5.32 Å². The second-order valence-electron chi connectivity index (χ2n) is 5.53. The third-order valence-electron chi connectivity index (χ3n) is 3.42. The molecule has 7 nitrogen and oxygen atoms in total. The van der Waals surface area contributed by atoms with Gasteiger partial charge in [0.15, 0.2) is 6.61 Å². The summed E-state index contributed by atoms with van der Waals surface area (Å²) in [5, 5.41) is 13.0. The molecule has 0 aliphatic rings. The van der Waals surface area contributed by atoms with Crippen LogP contribution in [-0.4, -0.2) is 23.4 Å².